The quantitative estimate of drug-likeness (QED) is 0.873. The number of piperidine rings is 1. The molecule has 25 heavy (non-hydrogen) atoms. The van der Waals surface area contributed by atoms with E-state index in [1.165, 1.54) is 19.2 Å². The minimum atomic E-state index is -0.589. The van der Waals surface area contributed by atoms with Crippen molar-refractivity contribution < 1.29 is 18.7 Å². The van der Waals surface area contributed by atoms with E-state index >= 15 is 0 Å². The van der Waals surface area contributed by atoms with Gasteiger partial charge in [0.05, 0.1) is 7.11 Å². The number of rotatable bonds is 2. The molecule has 0 unspecified atom stereocenters. The van der Waals surface area contributed by atoms with Crippen molar-refractivity contribution >= 4 is 11.8 Å². The van der Waals surface area contributed by atoms with Crippen LogP contribution in [0, 0.1) is 5.82 Å². The van der Waals surface area contributed by atoms with Crippen LogP contribution >= 0.6 is 0 Å². The van der Waals surface area contributed by atoms with Gasteiger partial charge in [-0.2, -0.15) is 0 Å². The Hall–Kier alpha value is -2.15. The summed E-state index contributed by atoms with van der Waals surface area (Å²) >= 11 is 0. The van der Waals surface area contributed by atoms with E-state index in [0.29, 0.717) is 32.5 Å². The van der Waals surface area contributed by atoms with Crippen molar-refractivity contribution in [1.29, 1.82) is 0 Å². The number of methoxy groups -OCH3 is 1. The molecule has 2 saturated heterocycles. The number of nitrogens with one attached hydrogen (secondary N) is 1. The Labute approximate surface area is 146 Å². The van der Waals surface area contributed by atoms with Crippen LogP contribution in [0.1, 0.15) is 29.6 Å². The Morgan fingerprint density at radius 1 is 1.28 bits per heavy atom. The molecule has 0 radical (unpaired) electrons. The van der Waals surface area contributed by atoms with Crippen molar-refractivity contribution in [3.8, 4) is 5.75 Å². The zero-order valence-electron chi connectivity index (χ0n) is 14.7. The molecule has 1 aromatic carbocycles. The monoisotopic (exact) mass is 349 g/mol. The molecule has 1 aromatic rings. The summed E-state index contributed by atoms with van der Waals surface area (Å²) in [6.07, 6.45) is 1.99. The first-order valence-electron chi connectivity index (χ1n) is 8.61. The normalized spacial score (nSPS) is 20.9. The van der Waals surface area contributed by atoms with Gasteiger partial charge in [-0.3, -0.25) is 14.5 Å². The average Bonchev–Trinajstić information content (AvgIpc) is 2.75. The van der Waals surface area contributed by atoms with E-state index in [2.05, 4.69) is 10.2 Å². The molecule has 0 bridgehead atoms. The van der Waals surface area contributed by atoms with E-state index in [9.17, 15) is 14.0 Å². The van der Waals surface area contributed by atoms with Gasteiger partial charge in [0.1, 0.15) is 22.7 Å². The van der Waals surface area contributed by atoms with Gasteiger partial charge in [-0.25, -0.2) is 4.39 Å². The lowest BCUT2D eigenvalue weighted by Crippen LogP contribution is -2.61. The van der Waals surface area contributed by atoms with E-state index in [0.717, 1.165) is 13.0 Å². The molecular weight excluding hydrogens is 325 g/mol. The van der Waals surface area contributed by atoms with Crippen molar-refractivity contribution in [3.05, 3.63) is 29.6 Å². The van der Waals surface area contributed by atoms with Crippen LogP contribution in [-0.4, -0.2) is 67.5 Å². The summed E-state index contributed by atoms with van der Waals surface area (Å²) in [7, 11) is 3.38. The van der Waals surface area contributed by atoms with Gasteiger partial charge in [0, 0.05) is 26.2 Å². The Balaban J connectivity index is 1.78. The zero-order chi connectivity index (χ0) is 18.0. The predicted molar refractivity (Wildman–Crippen MR) is 91.1 cm³/mol. The maximum Gasteiger partial charge on any atom is 0.260 e. The molecular formula is C18H24FN3O3. The fourth-order valence-electron chi connectivity index (χ4n) is 3.80. The molecule has 6 nitrogen and oxygen atoms in total. The predicted octanol–water partition coefficient (Wildman–Crippen LogP) is 1.26. The van der Waals surface area contributed by atoms with Crippen LogP contribution in [0.25, 0.3) is 0 Å². The number of likely N-dealkylation sites (tertiary alicyclic amines) is 1. The van der Waals surface area contributed by atoms with Crippen LogP contribution in [-0.2, 0) is 4.79 Å². The van der Waals surface area contributed by atoms with Crippen molar-refractivity contribution in [2.45, 2.75) is 24.8 Å². The number of likely N-dealkylation sites (N-methyl/N-ethyl adjacent to an activating group) is 1. The first-order valence-corrected chi connectivity index (χ1v) is 8.61. The third kappa shape index (κ3) is 3.08. The highest BCUT2D eigenvalue weighted by Crippen LogP contribution is 2.32. The van der Waals surface area contributed by atoms with Gasteiger partial charge < -0.3 is 15.0 Å². The molecule has 7 heteroatoms. The summed E-state index contributed by atoms with van der Waals surface area (Å²) in [5, 5.41) is 2.97. The van der Waals surface area contributed by atoms with Crippen LogP contribution in [0.15, 0.2) is 18.2 Å². The van der Waals surface area contributed by atoms with Crippen molar-refractivity contribution in [1.82, 2.24) is 15.1 Å². The van der Waals surface area contributed by atoms with Gasteiger partial charge in [0.25, 0.3) is 5.91 Å². The van der Waals surface area contributed by atoms with Crippen LogP contribution in [0.5, 0.6) is 5.75 Å². The molecule has 0 saturated carbocycles. The number of hydrogen-bond donors (Lipinski definition) is 1. The summed E-state index contributed by atoms with van der Waals surface area (Å²) in [5.41, 5.74) is -0.619. The number of hydrogen-bond acceptors (Lipinski definition) is 4. The van der Waals surface area contributed by atoms with E-state index in [1.807, 2.05) is 7.05 Å². The molecule has 0 atom stereocenters. The number of amides is 2. The van der Waals surface area contributed by atoms with Crippen LogP contribution < -0.4 is 10.1 Å². The number of carbonyl (C=O) groups excluding carboxylic acids is 2. The Morgan fingerprint density at radius 2 is 2.00 bits per heavy atom. The summed E-state index contributed by atoms with van der Waals surface area (Å²) in [6.45, 7) is 2.34. The molecule has 3 rings (SSSR count). The van der Waals surface area contributed by atoms with Gasteiger partial charge in [0.2, 0.25) is 5.91 Å². The van der Waals surface area contributed by atoms with Crippen LogP contribution in [0.3, 0.4) is 0 Å². The highest BCUT2D eigenvalue weighted by molar-refractivity contribution is 5.97. The smallest absolute Gasteiger partial charge is 0.260 e. The first kappa shape index (κ1) is 17.7. The Bertz CT molecular complexity index is 672. The number of ether oxygens (including phenoxy) is 1. The standard InChI is InChI=1S/C18H24FN3O3/c1-21-10-4-9-20-17(24)18(21)7-11-22(12-8-18)16(23)15-13(19)5-3-6-14(15)25-2/h3,5-6H,4,7-12H2,1-2H3,(H,20,24). The van der Waals surface area contributed by atoms with E-state index in [-0.39, 0.29) is 23.1 Å². The maximum absolute atomic E-state index is 14.2. The minimum absolute atomic E-state index is 0.0306. The number of carbonyl (C=O) groups is 2. The van der Waals surface area contributed by atoms with Crippen LogP contribution in [0.4, 0.5) is 4.39 Å². The van der Waals surface area contributed by atoms with Crippen LogP contribution in [0.2, 0.25) is 0 Å². The van der Waals surface area contributed by atoms with Gasteiger partial charge >= 0.3 is 0 Å². The SMILES string of the molecule is COc1cccc(F)c1C(=O)N1CCC2(CC1)C(=O)NCCCN2C. The van der Waals surface area contributed by atoms with Crippen molar-refractivity contribution in [2.24, 2.45) is 0 Å². The molecule has 2 aliphatic rings. The molecule has 2 aliphatic heterocycles. The van der Waals surface area contributed by atoms with E-state index in [1.54, 1.807) is 11.0 Å². The highest BCUT2D eigenvalue weighted by atomic mass is 19.1. The molecule has 2 fully saturated rings. The fourth-order valence-corrected chi connectivity index (χ4v) is 3.80. The highest BCUT2D eigenvalue weighted by Gasteiger charge is 2.46. The zero-order valence-corrected chi connectivity index (χ0v) is 14.7. The summed E-state index contributed by atoms with van der Waals surface area (Å²) in [6, 6.07) is 4.35. The summed E-state index contributed by atoms with van der Waals surface area (Å²) in [4.78, 5) is 29.1. The lowest BCUT2D eigenvalue weighted by atomic mass is 9.85. The molecule has 1 spiro atoms. The Kier molecular flexibility index (Phi) is 4.94. The molecule has 2 amide bonds. The summed E-state index contributed by atoms with van der Waals surface area (Å²) < 4.78 is 19.3. The van der Waals surface area contributed by atoms with Gasteiger partial charge in [-0.05, 0) is 38.4 Å². The second-order valence-corrected chi connectivity index (χ2v) is 6.67. The Morgan fingerprint density at radius 3 is 2.68 bits per heavy atom. The topological polar surface area (TPSA) is 61.9 Å². The molecule has 1 N–H and O–H groups in total. The second-order valence-electron chi connectivity index (χ2n) is 6.67. The molecule has 0 aromatic heterocycles. The molecule has 2 heterocycles. The largest absolute Gasteiger partial charge is 0.496 e. The number of benzene rings is 1. The summed E-state index contributed by atoms with van der Waals surface area (Å²) in [5.74, 6) is -0.715. The van der Waals surface area contributed by atoms with Crippen molar-refractivity contribution in [2.75, 3.05) is 40.3 Å². The third-order valence-electron chi connectivity index (χ3n) is 5.40. The van der Waals surface area contributed by atoms with Gasteiger partial charge in [-0.1, -0.05) is 6.07 Å². The second kappa shape index (κ2) is 7.00. The lowest BCUT2D eigenvalue weighted by Gasteiger charge is -2.45. The number of nitrogens with zero attached hydrogens (tertiary/aromatic N) is 2. The minimum Gasteiger partial charge on any atom is -0.496 e. The third-order valence-corrected chi connectivity index (χ3v) is 5.40. The van der Waals surface area contributed by atoms with Gasteiger partial charge in [-0.15, -0.1) is 0 Å². The average molecular weight is 349 g/mol. The number of halogens is 1. The van der Waals surface area contributed by atoms with E-state index < -0.39 is 11.4 Å². The molecule has 136 valence electrons. The maximum atomic E-state index is 14.2. The van der Waals surface area contributed by atoms with E-state index in [4.69, 9.17) is 4.74 Å². The fraction of sp³-hybridized carbons (Fsp3) is 0.556. The molecule has 0 aliphatic carbocycles. The first-order chi connectivity index (χ1) is 12.0. The van der Waals surface area contributed by atoms with Gasteiger partial charge in [0.15, 0.2) is 0 Å². The van der Waals surface area contributed by atoms with Crippen molar-refractivity contribution in [3.63, 3.8) is 0 Å². The lowest BCUT2D eigenvalue weighted by molar-refractivity contribution is -0.134.